The minimum Gasteiger partial charge on any atom is -0.480 e. The number of aromatic nitrogens is 1. The number of benzene rings is 1. The third-order valence-corrected chi connectivity index (χ3v) is 4.95. The number of aryl methyl sites for hydroxylation is 2. The van der Waals surface area contributed by atoms with Crippen LogP contribution in [0.2, 0.25) is 0 Å². The average Bonchev–Trinajstić information content (AvgIpc) is 2.83. The number of amides is 1. The lowest BCUT2D eigenvalue weighted by atomic mass is 9.94. The van der Waals surface area contributed by atoms with Crippen molar-refractivity contribution in [2.75, 3.05) is 0 Å². The van der Waals surface area contributed by atoms with Crippen molar-refractivity contribution in [2.45, 2.75) is 32.9 Å². The summed E-state index contributed by atoms with van der Waals surface area (Å²) in [7, 11) is 0. The maximum atomic E-state index is 12.8. The molecule has 0 radical (unpaired) electrons. The van der Waals surface area contributed by atoms with Gasteiger partial charge in [0.1, 0.15) is 10.9 Å². The minimum absolute atomic E-state index is 0.245. The quantitative estimate of drug-likeness (QED) is 0.923. The van der Waals surface area contributed by atoms with Gasteiger partial charge < -0.3 is 10.0 Å². The zero-order chi connectivity index (χ0) is 15.9. The van der Waals surface area contributed by atoms with Crippen LogP contribution in [0.5, 0.6) is 0 Å². The van der Waals surface area contributed by atoms with Crippen LogP contribution in [-0.2, 0) is 17.8 Å². The number of carboxylic acids is 1. The Morgan fingerprint density at radius 1 is 1.27 bits per heavy atom. The number of carboxylic acid groups (broad SMARTS) is 1. The molecular weight excluding hydrogens is 300 g/mol. The summed E-state index contributed by atoms with van der Waals surface area (Å²) >= 11 is 1.32. The van der Waals surface area contributed by atoms with Gasteiger partial charge in [-0.3, -0.25) is 4.79 Å². The predicted octanol–water partition coefficient (Wildman–Crippen LogP) is 2.41. The van der Waals surface area contributed by atoms with Crippen molar-refractivity contribution in [3.8, 4) is 0 Å². The van der Waals surface area contributed by atoms with Crippen molar-refractivity contribution in [3.05, 3.63) is 51.0 Å². The number of nitrogens with zero attached hydrogens (tertiary/aromatic N) is 2. The topological polar surface area (TPSA) is 70.5 Å². The number of hydrogen-bond acceptors (Lipinski definition) is 4. The highest BCUT2D eigenvalue weighted by Gasteiger charge is 2.36. The molecule has 2 aromatic rings. The minimum atomic E-state index is -0.971. The van der Waals surface area contributed by atoms with Crippen LogP contribution in [0.3, 0.4) is 0 Å². The third kappa shape index (κ3) is 2.50. The Labute approximate surface area is 132 Å². The Morgan fingerprint density at radius 3 is 2.55 bits per heavy atom. The fraction of sp³-hybridized carbons (Fsp3) is 0.312. The molecule has 1 aliphatic rings. The highest BCUT2D eigenvalue weighted by Crippen LogP contribution is 2.27. The zero-order valence-electron chi connectivity index (χ0n) is 12.4. The molecule has 6 heteroatoms. The molecule has 3 rings (SSSR count). The lowest BCUT2D eigenvalue weighted by molar-refractivity contribution is -0.142. The van der Waals surface area contributed by atoms with Crippen LogP contribution in [0, 0.1) is 13.8 Å². The monoisotopic (exact) mass is 316 g/mol. The van der Waals surface area contributed by atoms with Crippen molar-refractivity contribution < 1.29 is 14.7 Å². The fourth-order valence-electron chi connectivity index (χ4n) is 2.82. The van der Waals surface area contributed by atoms with Crippen molar-refractivity contribution in [2.24, 2.45) is 0 Å². The van der Waals surface area contributed by atoms with Gasteiger partial charge in [0.25, 0.3) is 5.91 Å². The normalized spacial score (nSPS) is 17.2. The summed E-state index contributed by atoms with van der Waals surface area (Å²) in [6.45, 7) is 3.95. The summed E-state index contributed by atoms with van der Waals surface area (Å²) in [4.78, 5) is 30.6. The van der Waals surface area contributed by atoms with Crippen molar-refractivity contribution in [3.63, 3.8) is 0 Å². The standard InChI is InChI=1S/C16H16N2O3S/c1-9-14(22-10(2)17-9)15(19)18-8-12-6-4-3-5-11(12)7-13(18)16(20)21/h3-6,13H,7-8H2,1-2H3,(H,20,21). The second kappa shape index (κ2) is 5.53. The largest absolute Gasteiger partial charge is 0.480 e. The van der Waals surface area contributed by atoms with Crippen molar-refractivity contribution in [1.29, 1.82) is 0 Å². The Kier molecular flexibility index (Phi) is 3.70. The van der Waals surface area contributed by atoms with E-state index in [0.29, 0.717) is 23.5 Å². The molecule has 0 fully saturated rings. The molecule has 1 N–H and O–H groups in total. The molecule has 1 aliphatic heterocycles. The molecule has 0 saturated heterocycles. The summed E-state index contributed by atoms with van der Waals surface area (Å²) in [5.41, 5.74) is 2.67. The maximum absolute atomic E-state index is 12.8. The summed E-state index contributed by atoms with van der Waals surface area (Å²) < 4.78 is 0. The SMILES string of the molecule is Cc1nc(C)c(C(=O)N2Cc3ccccc3CC2C(=O)O)s1. The van der Waals surface area contributed by atoms with Crippen LogP contribution in [0.25, 0.3) is 0 Å². The zero-order valence-corrected chi connectivity index (χ0v) is 13.2. The maximum Gasteiger partial charge on any atom is 0.326 e. The lowest BCUT2D eigenvalue weighted by Crippen LogP contribution is -2.48. The van der Waals surface area contributed by atoms with Gasteiger partial charge in [0.2, 0.25) is 0 Å². The smallest absolute Gasteiger partial charge is 0.326 e. The van der Waals surface area contributed by atoms with Crippen LogP contribution in [0.1, 0.15) is 31.5 Å². The molecular formula is C16H16N2O3S. The molecule has 0 spiro atoms. The van der Waals surface area contributed by atoms with Gasteiger partial charge in [-0.1, -0.05) is 24.3 Å². The Hall–Kier alpha value is -2.21. The summed E-state index contributed by atoms with van der Waals surface area (Å²) in [5, 5.41) is 10.3. The van der Waals surface area contributed by atoms with E-state index < -0.39 is 12.0 Å². The average molecular weight is 316 g/mol. The Morgan fingerprint density at radius 2 is 1.95 bits per heavy atom. The van der Waals surface area contributed by atoms with E-state index in [1.54, 1.807) is 6.92 Å². The molecule has 1 amide bonds. The van der Waals surface area contributed by atoms with E-state index in [1.165, 1.54) is 16.2 Å². The molecule has 1 aromatic carbocycles. The molecule has 0 aliphatic carbocycles. The van der Waals surface area contributed by atoms with Crippen LogP contribution in [0.15, 0.2) is 24.3 Å². The first-order chi connectivity index (χ1) is 10.5. The highest BCUT2D eigenvalue weighted by atomic mass is 32.1. The number of carbonyl (C=O) groups excluding carboxylic acids is 1. The van der Waals surface area contributed by atoms with Crippen LogP contribution >= 0.6 is 11.3 Å². The van der Waals surface area contributed by atoms with E-state index in [2.05, 4.69) is 4.98 Å². The van der Waals surface area contributed by atoms with E-state index in [0.717, 1.165) is 16.1 Å². The van der Waals surface area contributed by atoms with Gasteiger partial charge >= 0.3 is 5.97 Å². The van der Waals surface area contributed by atoms with Gasteiger partial charge in [0, 0.05) is 13.0 Å². The molecule has 22 heavy (non-hydrogen) atoms. The summed E-state index contributed by atoms with van der Waals surface area (Å²) in [6, 6.07) is 6.84. The van der Waals surface area contributed by atoms with Crippen LogP contribution < -0.4 is 0 Å². The van der Waals surface area contributed by atoms with Gasteiger partial charge in [0.05, 0.1) is 10.7 Å². The third-order valence-electron chi connectivity index (χ3n) is 3.89. The molecule has 5 nitrogen and oxygen atoms in total. The molecule has 2 heterocycles. The van der Waals surface area contributed by atoms with Crippen LogP contribution in [-0.4, -0.2) is 32.9 Å². The second-order valence-electron chi connectivity index (χ2n) is 5.41. The van der Waals surface area contributed by atoms with E-state index in [4.69, 9.17) is 0 Å². The Balaban J connectivity index is 1.99. The number of rotatable bonds is 2. The summed E-state index contributed by atoms with van der Waals surface area (Å²) in [5.74, 6) is -1.22. The lowest BCUT2D eigenvalue weighted by Gasteiger charge is -2.34. The van der Waals surface area contributed by atoms with Crippen molar-refractivity contribution in [1.82, 2.24) is 9.88 Å². The second-order valence-corrected chi connectivity index (χ2v) is 6.61. The van der Waals surface area contributed by atoms with E-state index in [-0.39, 0.29) is 5.91 Å². The molecule has 114 valence electrons. The molecule has 1 atom stereocenters. The van der Waals surface area contributed by atoms with E-state index in [9.17, 15) is 14.7 Å². The Bertz CT molecular complexity index is 754. The van der Waals surface area contributed by atoms with Gasteiger partial charge in [0.15, 0.2) is 0 Å². The highest BCUT2D eigenvalue weighted by molar-refractivity contribution is 7.13. The number of carbonyl (C=O) groups is 2. The summed E-state index contributed by atoms with van der Waals surface area (Å²) in [6.07, 6.45) is 0.341. The number of aliphatic carboxylic acids is 1. The van der Waals surface area contributed by atoms with E-state index in [1.807, 2.05) is 31.2 Å². The first-order valence-corrected chi connectivity index (χ1v) is 7.83. The van der Waals surface area contributed by atoms with Crippen LogP contribution in [0.4, 0.5) is 0 Å². The first kappa shape index (κ1) is 14.7. The molecule has 0 bridgehead atoms. The fourth-order valence-corrected chi connectivity index (χ4v) is 3.69. The molecule has 1 aromatic heterocycles. The number of fused-ring (bicyclic) bond motifs is 1. The first-order valence-electron chi connectivity index (χ1n) is 7.02. The van der Waals surface area contributed by atoms with Gasteiger partial charge in [-0.05, 0) is 25.0 Å². The number of thiazole rings is 1. The van der Waals surface area contributed by atoms with Gasteiger partial charge in [-0.15, -0.1) is 11.3 Å². The number of hydrogen-bond donors (Lipinski definition) is 1. The molecule has 0 saturated carbocycles. The van der Waals surface area contributed by atoms with Crippen molar-refractivity contribution >= 4 is 23.2 Å². The van der Waals surface area contributed by atoms with Gasteiger partial charge in [-0.2, -0.15) is 0 Å². The van der Waals surface area contributed by atoms with E-state index >= 15 is 0 Å². The predicted molar refractivity (Wildman–Crippen MR) is 83.0 cm³/mol. The molecule has 1 unspecified atom stereocenters. The van der Waals surface area contributed by atoms with Gasteiger partial charge in [-0.25, -0.2) is 9.78 Å².